The molecule has 0 bridgehead atoms. The smallest absolute Gasteiger partial charge is 0.240 e. The summed E-state index contributed by atoms with van der Waals surface area (Å²) in [5, 5.41) is 0. The summed E-state index contributed by atoms with van der Waals surface area (Å²) in [5.74, 6) is -7.62. The third-order valence-corrected chi connectivity index (χ3v) is 10.1. The van der Waals surface area contributed by atoms with E-state index in [2.05, 4.69) is 0 Å². The average Bonchev–Trinajstić information content (AvgIpc) is 2.22. The molecular formula is C6F12O4PS+. The predicted octanol–water partition coefficient (Wildman–Crippen LogP) is 3.55. The first-order valence-corrected chi connectivity index (χ1v) is 8.44. The Kier molecular flexibility index (Phi) is 5.44. The van der Waals surface area contributed by atoms with Crippen LogP contribution in [-0.2, 0) is 19.0 Å². The normalized spacial score (nSPS) is 15.3. The third kappa shape index (κ3) is 3.32. The van der Waals surface area contributed by atoms with E-state index in [1.807, 2.05) is 0 Å². The maximum atomic E-state index is 12.7. The van der Waals surface area contributed by atoms with E-state index in [4.69, 9.17) is 0 Å². The highest BCUT2D eigenvalue weighted by molar-refractivity contribution is 8.68. The summed E-state index contributed by atoms with van der Waals surface area (Å²) in [6.07, 6.45) is -14.3. The minimum Gasteiger partial charge on any atom is -0.240 e. The minimum absolute atomic E-state index is 4.98. The number of hydrogen-bond donors (Lipinski definition) is 0. The summed E-state index contributed by atoms with van der Waals surface area (Å²) in [5.41, 5.74) is -17.4. The quantitative estimate of drug-likeness (QED) is 0.511. The molecule has 0 amide bonds. The van der Waals surface area contributed by atoms with Crippen molar-refractivity contribution < 1.29 is 70.7 Å². The van der Waals surface area contributed by atoms with Crippen LogP contribution in [0, 0.1) is 0 Å². The summed E-state index contributed by atoms with van der Waals surface area (Å²) in [6.45, 7) is -9.11. The average molecular weight is 427 g/mol. The minimum atomic E-state index is -9.11. The van der Waals surface area contributed by atoms with Crippen molar-refractivity contribution in [2.24, 2.45) is 0 Å². The maximum absolute atomic E-state index is 12.7. The molecule has 0 N–H and O–H groups in total. The molecule has 0 aromatic carbocycles. The zero-order valence-electron chi connectivity index (χ0n) is 10.0. The van der Waals surface area contributed by atoms with Crippen molar-refractivity contribution >= 4 is 27.0 Å². The molecule has 0 aliphatic rings. The number of rotatable bonds is 3. The highest BCUT2D eigenvalue weighted by atomic mass is 32.8. The Morgan fingerprint density at radius 1 is 0.625 bits per heavy atom. The Morgan fingerprint density at radius 3 is 1.00 bits per heavy atom. The summed E-state index contributed by atoms with van der Waals surface area (Å²) in [6, 6.07) is 0. The van der Waals surface area contributed by atoms with Gasteiger partial charge in [0.05, 0.1) is 0 Å². The second-order valence-electron chi connectivity index (χ2n) is 3.60. The SMILES string of the molecule is O=C(C(F)(F)F)[P+](C(=O)C(F)(F)F)(C(F)(F)F)S(=O)(=O)C(F)(F)F. The van der Waals surface area contributed by atoms with Crippen LogP contribution in [0.4, 0.5) is 52.7 Å². The molecule has 0 spiro atoms. The molecule has 0 unspecified atom stereocenters. The molecule has 0 aromatic rings. The lowest BCUT2D eigenvalue weighted by Crippen LogP contribution is -2.48. The largest absolute Gasteiger partial charge is 0.543 e. The molecule has 0 saturated carbocycles. The van der Waals surface area contributed by atoms with Gasteiger partial charge in [0.2, 0.25) is 0 Å². The van der Waals surface area contributed by atoms with Crippen LogP contribution < -0.4 is 0 Å². The summed E-state index contributed by atoms with van der Waals surface area (Å²) < 4.78 is 170. The van der Waals surface area contributed by atoms with Crippen LogP contribution in [0.15, 0.2) is 0 Å². The van der Waals surface area contributed by atoms with Gasteiger partial charge in [-0.3, -0.25) is 0 Å². The van der Waals surface area contributed by atoms with E-state index >= 15 is 0 Å². The van der Waals surface area contributed by atoms with Gasteiger partial charge in [-0.05, 0) is 0 Å². The van der Waals surface area contributed by atoms with Gasteiger partial charge in [0, 0.05) is 0 Å². The van der Waals surface area contributed by atoms with E-state index in [1.165, 1.54) is 0 Å². The van der Waals surface area contributed by atoms with Crippen LogP contribution >= 0.6 is 6.46 Å². The lowest BCUT2D eigenvalue weighted by Gasteiger charge is -2.25. The van der Waals surface area contributed by atoms with Crippen molar-refractivity contribution in [1.29, 1.82) is 0 Å². The van der Waals surface area contributed by atoms with Gasteiger partial charge in [-0.25, -0.2) is 9.59 Å². The van der Waals surface area contributed by atoms with Crippen molar-refractivity contribution in [1.82, 2.24) is 0 Å². The molecule has 0 aliphatic carbocycles. The Balaban J connectivity index is 7.41. The molecule has 4 nitrogen and oxygen atoms in total. The molecule has 0 atom stereocenters. The summed E-state index contributed by atoms with van der Waals surface area (Å²) in [7, 11) is -8.58. The number of carbonyl (C=O) groups is 2. The molecule has 0 heterocycles. The fraction of sp³-hybridized carbons (Fsp3) is 0.667. The van der Waals surface area contributed by atoms with Crippen molar-refractivity contribution in [2.45, 2.75) is 23.8 Å². The van der Waals surface area contributed by atoms with Crippen molar-refractivity contribution in [3.8, 4) is 0 Å². The number of carbonyl (C=O) groups excluding carboxylic acids is 2. The van der Waals surface area contributed by atoms with Crippen molar-refractivity contribution in [3.63, 3.8) is 0 Å². The molecule has 24 heavy (non-hydrogen) atoms. The Hall–Kier alpha value is -1.12. The molecule has 18 heteroatoms. The molecule has 0 fully saturated rings. The lowest BCUT2D eigenvalue weighted by atomic mass is 10.7. The zero-order valence-corrected chi connectivity index (χ0v) is 11.7. The van der Waals surface area contributed by atoms with Gasteiger partial charge in [-0.1, -0.05) is 0 Å². The molecule has 0 aromatic heterocycles. The van der Waals surface area contributed by atoms with E-state index in [0.29, 0.717) is 0 Å². The van der Waals surface area contributed by atoms with Gasteiger partial charge in [-0.15, -0.1) is 13.2 Å². The second kappa shape index (κ2) is 5.71. The second-order valence-corrected chi connectivity index (χ2v) is 10.6. The van der Waals surface area contributed by atoms with E-state index in [-0.39, 0.29) is 0 Å². The van der Waals surface area contributed by atoms with Crippen LogP contribution in [0.2, 0.25) is 0 Å². The number of halogens is 12. The molecule has 0 radical (unpaired) electrons. The monoisotopic (exact) mass is 427 g/mol. The summed E-state index contributed by atoms with van der Waals surface area (Å²) >= 11 is 0. The molecule has 0 aliphatic heterocycles. The molecule has 142 valence electrons. The van der Waals surface area contributed by atoms with Gasteiger partial charge in [-0.2, -0.15) is 47.9 Å². The Morgan fingerprint density at radius 2 is 0.875 bits per heavy atom. The standard InChI is InChI=1S/C6F12O4PS/c7-3(8,9)1(19)23(5(13,14)15,2(20)4(10,11)12)24(21,22)6(16,17)18/q+1. The van der Waals surface area contributed by atoms with Crippen LogP contribution in [0.1, 0.15) is 0 Å². The van der Waals surface area contributed by atoms with Crippen LogP contribution in [0.25, 0.3) is 0 Å². The van der Waals surface area contributed by atoms with E-state index < -0.39 is 50.7 Å². The molecule has 0 rings (SSSR count). The molecular weight excluding hydrogens is 427 g/mol. The van der Waals surface area contributed by atoms with Crippen LogP contribution in [-0.4, -0.2) is 43.2 Å². The first-order valence-electron chi connectivity index (χ1n) is 4.57. The maximum Gasteiger partial charge on any atom is 0.543 e. The Bertz CT molecular complexity index is 608. The van der Waals surface area contributed by atoms with Gasteiger partial charge in [0.1, 0.15) is 0 Å². The highest BCUT2D eigenvalue weighted by Gasteiger charge is 2.95. The molecule has 0 saturated heterocycles. The fourth-order valence-electron chi connectivity index (χ4n) is 1.19. The van der Waals surface area contributed by atoms with Crippen LogP contribution in [0.5, 0.6) is 0 Å². The zero-order chi connectivity index (χ0) is 20.2. The fourth-order valence-corrected chi connectivity index (χ4v) is 7.25. The van der Waals surface area contributed by atoms with E-state index in [0.717, 1.165) is 0 Å². The first kappa shape index (κ1) is 22.9. The van der Waals surface area contributed by atoms with Crippen LogP contribution in [0.3, 0.4) is 0 Å². The topological polar surface area (TPSA) is 68.3 Å². The number of hydrogen-bond acceptors (Lipinski definition) is 4. The Labute approximate surface area is 122 Å². The predicted molar refractivity (Wildman–Crippen MR) is 50.1 cm³/mol. The van der Waals surface area contributed by atoms with Gasteiger partial charge in [0.15, 0.2) is 0 Å². The number of alkyl halides is 12. The van der Waals surface area contributed by atoms with Gasteiger partial charge < -0.3 is 0 Å². The van der Waals surface area contributed by atoms with E-state index in [9.17, 15) is 70.7 Å². The van der Waals surface area contributed by atoms with Gasteiger partial charge >= 0.3 is 50.7 Å². The van der Waals surface area contributed by atoms with E-state index in [1.54, 1.807) is 0 Å². The summed E-state index contributed by atoms with van der Waals surface area (Å²) in [4.78, 5) is 21.4. The van der Waals surface area contributed by atoms with Gasteiger partial charge in [0.25, 0.3) is 0 Å². The lowest BCUT2D eigenvalue weighted by molar-refractivity contribution is -0.169. The van der Waals surface area contributed by atoms with Crippen molar-refractivity contribution in [2.75, 3.05) is 0 Å². The third-order valence-electron chi connectivity index (χ3n) is 2.07. The first-order chi connectivity index (χ1) is 10.1. The highest BCUT2D eigenvalue weighted by Crippen LogP contribution is 2.82. The van der Waals surface area contributed by atoms with Crippen molar-refractivity contribution in [3.05, 3.63) is 0 Å².